The third-order valence-electron chi connectivity index (χ3n) is 2.02. The lowest BCUT2D eigenvalue weighted by atomic mass is 10.1. The van der Waals surface area contributed by atoms with Crippen molar-refractivity contribution in [2.45, 2.75) is 26.7 Å². The van der Waals surface area contributed by atoms with Crippen LogP contribution in [0.5, 0.6) is 0 Å². The van der Waals surface area contributed by atoms with Gasteiger partial charge in [-0.25, -0.2) is 0 Å². The summed E-state index contributed by atoms with van der Waals surface area (Å²) in [6.45, 7) is 8.85. The van der Waals surface area contributed by atoms with Crippen LogP contribution in [0.2, 0.25) is 0 Å². The zero-order chi connectivity index (χ0) is 9.40. The van der Waals surface area contributed by atoms with Gasteiger partial charge in [0.05, 0.1) is 0 Å². The van der Waals surface area contributed by atoms with Crippen molar-refractivity contribution >= 4 is 0 Å². The Hall–Kier alpha value is -0.560. The minimum atomic E-state index is 0.592. The van der Waals surface area contributed by atoms with E-state index in [-0.39, 0.29) is 0 Å². The Bertz CT molecular complexity index is 138. The largest absolute Gasteiger partial charge is 0.330 e. The SMILES string of the molecule is C=CC(C)C/C=C\CC(C)CN. The average Bonchev–Trinajstić information content (AvgIpc) is 2.11. The van der Waals surface area contributed by atoms with Gasteiger partial charge in [-0.15, -0.1) is 6.58 Å². The van der Waals surface area contributed by atoms with E-state index in [1.54, 1.807) is 0 Å². The van der Waals surface area contributed by atoms with Crippen LogP contribution < -0.4 is 5.73 Å². The molecule has 0 aromatic heterocycles. The predicted molar refractivity (Wildman–Crippen MR) is 56.0 cm³/mol. The van der Waals surface area contributed by atoms with Crippen molar-refractivity contribution in [2.75, 3.05) is 6.54 Å². The molecule has 0 saturated carbocycles. The zero-order valence-electron chi connectivity index (χ0n) is 8.29. The van der Waals surface area contributed by atoms with Gasteiger partial charge in [-0.1, -0.05) is 32.1 Å². The molecule has 2 N–H and O–H groups in total. The lowest BCUT2D eigenvalue weighted by Gasteiger charge is -2.03. The van der Waals surface area contributed by atoms with E-state index in [1.807, 2.05) is 6.08 Å². The summed E-state index contributed by atoms with van der Waals surface area (Å²) < 4.78 is 0. The van der Waals surface area contributed by atoms with Crippen LogP contribution in [0.25, 0.3) is 0 Å². The molecule has 1 heteroatoms. The molecular weight excluding hydrogens is 146 g/mol. The Morgan fingerprint density at radius 3 is 2.33 bits per heavy atom. The van der Waals surface area contributed by atoms with E-state index in [9.17, 15) is 0 Å². The smallest absolute Gasteiger partial charge is 0.00485 e. The summed E-state index contributed by atoms with van der Waals surface area (Å²) in [5, 5.41) is 0. The first-order chi connectivity index (χ1) is 5.70. The lowest BCUT2D eigenvalue weighted by molar-refractivity contribution is 0.603. The molecule has 0 aromatic carbocycles. The van der Waals surface area contributed by atoms with Crippen molar-refractivity contribution in [3.63, 3.8) is 0 Å². The molecule has 0 aliphatic rings. The highest BCUT2D eigenvalue weighted by Gasteiger charge is 1.94. The lowest BCUT2D eigenvalue weighted by Crippen LogP contribution is -2.09. The molecule has 0 heterocycles. The molecule has 70 valence electrons. The molecule has 0 saturated heterocycles. The first kappa shape index (κ1) is 11.4. The molecule has 0 bridgehead atoms. The van der Waals surface area contributed by atoms with E-state index in [4.69, 9.17) is 5.73 Å². The molecule has 0 aromatic rings. The summed E-state index contributed by atoms with van der Waals surface area (Å²) in [6.07, 6.45) is 8.62. The van der Waals surface area contributed by atoms with Gasteiger partial charge < -0.3 is 5.73 Å². The Balaban J connectivity index is 3.42. The van der Waals surface area contributed by atoms with Gasteiger partial charge in [0.2, 0.25) is 0 Å². The minimum Gasteiger partial charge on any atom is -0.330 e. The number of hydrogen-bond acceptors (Lipinski definition) is 1. The van der Waals surface area contributed by atoms with Gasteiger partial charge in [0.1, 0.15) is 0 Å². The zero-order valence-corrected chi connectivity index (χ0v) is 8.29. The summed E-state index contributed by atoms with van der Waals surface area (Å²) in [5.74, 6) is 1.20. The second-order valence-electron chi connectivity index (χ2n) is 3.50. The fourth-order valence-corrected chi connectivity index (χ4v) is 0.832. The monoisotopic (exact) mass is 167 g/mol. The third kappa shape index (κ3) is 6.17. The van der Waals surface area contributed by atoms with Crippen molar-refractivity contribution in [1.82, 2.24) is 0 Å². The molecule has 0 spiro atoms. The number of hydrogen-bond donors (Lipinski definition) is 1. The van der Waals surface area contributed by atoms with Gasteiger partial charge in [-0.2, -0.15) is 0 Å². The van der Waals surface area contributed by atoms with Crippen LogP contribution in [0.1, 0.15) is 26.7 Å². The van der Waals surface area contributed by atoms with Gasteiger partial charge in [-0.3, -0.25) is 0 Å². The van der Waals surface area contributed by atoms with Crippen LogP contribution in [0, 0.1) is 11.8 Å². The molecule has 1 nitrogen and oxygen atoms in total. The van der Waals surface area contributed by atoms with Gasteiger partial charge >= 0.3 is 0 Å². The number of rotatable bonds is 6. The molecule has 2 atom stereocenters. The van der Waals surface area contributed by atoms with Crippen LogP contribution in [0.4, 0.5) is 0 Å². The Morgan fingerprint density at radius 2 is 1.83 bits per heavy atom. The van der Waals surface area contributed by atoms with E-state index in [1.165, 1.54) is 0 Å². The average molecular weight is 167 g/mol. The summed E-state index contributed by atoms with van der Waals surface area (Å²) in [4.78, 5) is 0. The third-order valence-corrected chi connectivity index (χ3v) is 2.02. The Labute approximate surface area is 76.3 Å². The van der Waals surface area contributed by atoms with E-state index in [0.29, 0.717) is 11.8 Å². The molecule has 0 amide bonds. The van der Waals surface area contributed by atoms with Gasteiger partial charge in [0, 0.05) is 0 Å². The summed E-state index contributed by atoms with van der Waals surface area (Å²) in [6, 6.07) is 0. The van der Waals surface area contributed by atoms with Gasteiger partial charge in [0.25, 0.3) is 0 Å². The maximum absolute atomic E-state index is 5.49. The quantitative estimate of drug-likeness (QED) is 0.605. The summed E-state index contributed by atoms with van der Waals surface area (Å²) in [5.41, 5.74) is 5.49. The van der Waals surface area contributed by atoms with Gasteiger partial charge in [-0.05, 0) is 31.2 Å². The highest BCUT2D eigenvalue weighted by atomic mass is 14.5. The fraction of sp³-hybridized carbons (Fsp3) is 0.636. The van der Waals surface area contributed by atoms with Crippen LogP contribution >= 0.6 is 0 Å². The van der Waals surface area contributed by atoms with Crippen LogP contribution in [0.3, 0.4) is 0 Å². The van der Waals surface area contributed by atoms with Crippen molar-refractivity contribution in [2.24, 2.45) is 17.6 Å². The van der Waals surface area contributed by atoms with E-state index < -0.39 is 0 Å². The first-order valence-electron chi connectivity index (χ1n) is 4.68. The van der Waals surface area contributed by atoms with Crippen LogP contribution in [-0.4, -0.2) is 6.54 Å². The Kier molecular flexibility index (Phi) is 6.78. The van der Waals surface area contributed by atoms with E-state index in [0.717, 1.165) is 19.4 Å². The second-order valence-corrected chi connectivity index (χ2v) is 3.50. The number of allylic oxidation sites excluding steroid dienone is 3. The topological polar surface area (TPSA) is 26.0 Å². The van der Waals surface area contributed by atoms with E-state index >= 15 is 0 Å². The molecule has 12 heavy (non-hydrogen) atoms. The molecule has 0 radical (unpaired) electrons. The highest BCUT2D eigenvalue weighted by molar-refractivity contribution is 4.88. The van der Waals surface area contributed by atoms with E-state index in [2.05, 4.69) is 32.6 Å². The predicted octanol–water partition coefficient (Wildman–Crippen LogP) is 2.74. The maximum Gasteiger partial charge on any atom is -0.00485 e. The van der Waals surface area contributed by atoms with Crippen molar-refractivity contribution in [3.8, 4) is 0 Å². The minimum absolute atomic E-state index is 0.592. The normalized spacial score (nSPS) is 16.2. The van der Waals surface area contributed by atoms with Crippen molar-refractivity contribution in [3.05, 3.63) is 24.8 Å². The Morgan fingerprint density at radius 1 is 1.25 bits per heavy atom. The molecule has 0 rings (SSSR count). The molecule has 2 unspecified atom stereocenters. The van der Waals surface area contributed by atoms with Crippen molar-refractivity contribution in [1.29, 1.82) is 0 Å². The first-order valence-corrected chi connectivity index (χ1v) is 4.68. The van der Waals surface area contributed by atoms with Crippen molar-refractivity contribution < 1.29 is 0 Å². The highest BCUT2D eigenvalue weighted by Crippen LogP contribution is 2.05. The standard InChI is InChI=1S/C11H21N/c1-4-10(2)7-5-6-8-11(3)9-12/h4-6,10-11H,1,7-9,12H2,2-3H3/b6-5-. The maximum atomic E-state index is 5.49. The molecule has 0 fully saturated rings. The molecule has 0 aliphatic carbocycles. The fourth-order valence-electron chi connectivity index (χ4n) is 0.832. The van der Waals surface area contributed by atoms with Gasteiger partial charge in [0.15, 0.2) is 0 Å². The van der Waals surface area contributed by atoms with Crippen LogP contribution in [-0.2, 0) is 0 Å². The summed E-state index contributed by atoms with van der Waals surface area (Å²) >= 11 is 0. The van der Waals surface area contributed by atoms with Crippen LogP contribution in [0.15, 0.2) is 24.8 Å². The summed E-state index contributed by atoms with van der Waals surface area (Å²) in [7, 11) is 0. The molecular formula is C11H21N. The second kappa shape index (κ2) is 7.11. The molecule has 0 aliphatic heterocycles. The number of nitrogens with two attached hydrogens (primary N) is 1.